The molecular weight excluding hydrogens is 148 g/mol. The van der Waals surface area contributed by atoms with Crippen LogP contribution in [0.4, 0.5) is 0 Å². The fourth-order valence-electron chi connectivity index (χ4n) is 1.28. The average Bonchev–Trinajstić information content (AvgIpc) is 2.58. The van der Waals surface area contributed by atoms with E-state index in [-0.39, 0.29) is 12.4 Å². The first kappa shape index (κ1) is 7.49. The first-order valence-corrected chi connectivity index (χ1v) is 3.89. The van der Waals surface area contributed by atoms with E-state index in [1.54, 1.807) is 0 Å². The van der Waals surface area contributed by atoms with Crippen molar-refractivity contribution in [2.45, 2.75) is 18.8 Å². The van der Waals surface area contributed by atoms with Crippen LogP contribution < -0.4 is 0 Å². The third-order valence-corrected chi connectivity index (χ3v) is 1.86. The van der Waals surface area contributed by atoms with Crippen molar-refractivity contribution in [3.05, 3.63) is 0 Å². The SMILES string of the molecule is C1CC(C2OCCO2)OCO1. The van der Waals surface area contributed by atoms with Crippen LogP contribution in [0.1, 0.15) is 6.42 Å². The van der Waals surface area contributed by atoms with Gasteiger partial charge in [-0.3, -0.25) is 0 Å². The lowest BCUT2D eigenvalue weighted by Gasteiger charge is -2.26. The second-order valence-electron chi connectivity index (χ2n) is 2.63. The van der Waals surface area contributed by atoms with Gasteiger partial charge >= 0.3 is 0 Å². The molecule has 0 aliphatic carbocycles. The summed E-state index contributed by atoms with van der Waals surface area (Å²) in [5, 5.41) is 0. The second kappa shape index (κ2) is 3.49. The van der Waals surface area contributed by atoms with Gasteiger partial charge in [-0.05, 0) is 0 Å². The molecule has 4 heteroatoms. The Morgan fingerprint density at radius 3 is 2.36 bits per heavy atom. The summed E-state index contributed by atoms with van der Waals surface area (Å²) in [4.78, 5) is 0. The van der Waals surface area contributed by atoms with Crippen LogP contribution >= 0.6 is 0 Å². The van der Waals surface area contributed by atoms with Crippen molar-refractivity contribution < 1.29 is 18.9 Å². The summed E-state index contributed by atoms with van der Waals surface area (Å²) in [6, 6.07) is 0. The van der Waals surface area contributed by atoms with Crippen molar-refractivity contribution in [2.75, 3.05) is 26.6 Å². The third-order valence-electron chi connectivity index (χ3n) is 1.86. The van der Waals surface area contributed by atoms with Crippen molar-refractivity contribution in [3.8, 4) is 0 Å². The maximum absolute atomic E-state index is 5.29. The molecule has 0 radical (unpaired) electrons. The summed E-state index contributed by atoms with van der Waals surface area (Å²) in [6.07, 6.45) is 0.787. The van der Waals surface area contributed by atoms with Gasteiger partial charge in [0.25, 0.3) is 0 Å². The molecule has 11 heavy (non-hydrogen) atoms. The number of ether oxygens (including phenoxy) is 4. The van der Waals surface area contributed by atoms with Gasteiger partial charge in [0, 0.05) is 6.42 Å². The zero-order chi connectivity index (χ0) is 7.52. The van der Waals surface area contributed by atoms with Gasteiger partial charge in [0.05, 0.1) is 19.8 Å². The third kappa shape index (κ3) is 1.70. The molecule has 1 unspecified atom stereocenters. The van der Waals surface area contributed by atoms with E-state index in [2.05, 4.69) is 0 Å². The second-order valence-corrected chi connectivity index (χ2v) is 2.63. The molecule has 0 spiro atoms. The molecule has 2 fully saturated rings. The predicted octanol–water partition coefficient (Wildman–Crippen LogP) is 0.122. The maximum atomic E-state index is 5.29. The largest absolute Gasteiger partial charge is 0.355 e. The lowest BCUT2D eigenvalue weighted by molar-refractivity contribution is -0.214. The highest BCUT2D eigenvalue weighted by Gasteiger charge is 2.29. The molecule has 2 rings (SSSR count). The first-order valence-electron chi connectivity index (χ1n) is 3.89. The van der Waals surface area contributed by atoms with Crippen LogP contribution in [0.2, 0.25) is 0 Å². The molecule has 0 aromatic carbocycles. The fourth-order valence-corrected chi connectivity index (χ4v) is 1.28. The molecule has 0 saturated carbocycles. The van der Waals surface area contributed by atoms with Crippen LogP contribution in [0.3, 0.4) is 0 Å². The summed E-state index contributed by atoms with van der Waals surface area (Å²) < 4.78 is 20.9. The quantitative estimate of drug-likeness (QED) is 0.546. The normalized spacial score (nSPS) is 34.4. The van der Waals surface area contributed by atoms with Crippen molar-refractivity contribution in [1.82, 2.24) is 0 Å². The molecule has 0 aromatic rings. The molecular formula is C7H12O4. The van der Waals surface area contributed by atoms with E-state index >= 15 is 0 Å². The Kier molecular flexibility index (Phi) is 2.38. The van der Waals surface area contributed by atoms with Gasteiger partial charge in [-0.2, -0.15) is 0 Å². The summed E-state index contributed by atoms with van der Waals surface area (Å²) in [7, 11) is 0. The van der Waals surface area contributed by atoms with E-state index < -0.39 is 0 Å². The zero-order valence-electron chi connectivity index (χ0n) is 6.32. The van der Waals surface area contributed by atoms with Gasteiger partial charge in [0.15, 0.2) is 6.29 Å². The fraction of sp³-hybridized carbons (Fsp3) is 1.00. The van der Waals surface area contributed by atoms with Crippen LogP contribution in [0.5, 0.6) is 0 Å². The van der Waals surface area contributed by atoms with Gasteiger partial charge < -0.3 is 18.9 Å². The summed E-state index contributed by atoms with van der Waals surface area (Å²) in [5.74, 6) is 0. The predicted molar refractivity (Wildman–Crippen MR) is 36.0 cm³/mol. The molecule has 2 aliphatic heterocycles. The highest BCUT2D eigenvalue weighted by molar-refractivity contribution is 4.67. The number of hydrogen-bond donors (Lipinski definition) is 0. The van der Waals surface area contributed by atoms with Crippen LogP contribution in [-0.4, -0.2) is 39.0 Å². The molecule has 0 amide bonds. The van der Waals surface area contributed by atoms with Crippen molar-refractivity contribution >= 4 is 0 Å². The average molecular weight is 160 g/mol. The molecule has 0 aromatic heterocycles. The minimum Gasteiger partial charge on any atom is -0.355 e. The Bertz CT molecular complexity index is 116. The Hall–Kier alpha value is -0.160. The first-order chi connectivity index (χ1) is 5.47. The van der Waals surface area contributed by atoms with Crippen molar-refractivity contribution in [1.29, 1.82) is 0 Å². The van der Waals surface area contributed by atoms with Gasteiger partial charge in [0.2, 0.25) is 0 Å². The molecule has 1 atom stereocenters. The van der Waals surface area contributed by atoms with Crippen LogP contribution in [0, 0.1) is 0 Å². The molecule has 2 saturated heterocycles. The standard InChI is InChI=1S/C7H12O4/c1-2-8-5-11-6(1)7-9-3-4-10-7/h6-7H,1-5H2. The molecule has 0 N–H and O–H groups in total. The summed E-state index contributed by atoms with van der Waals surface area (Å²) in [5.41, 5.74) is 0. The molecule has 0 bridgehead atoms. The Morgan fingerprint density at radius 1 is 0.909 bits per heavy atom. The maximum Gasteiger partial charge on any atom is 0.184 e. The molecule has 64 valence electrons. The van der Waals surface area contributed by atoms with Gasteiger partial charge in [0.1, 0.15) is 12.9 Å². The highest BCUT2D eigenvalue weighted by Crippen LogP contribution is 2.17. The minimum absolute atomic E-state index is 0.0752. The lowest BCUT2D eigenvalue weighted by atomic mass is 10.2. The topological polar surface area (TPSA) is 36.9 Å². The van der Waals surface area contributed by atoms with E-state index in [0.717, 1.165) is 13.0 Å². The van der Waals surface area contributed by atoms with Crippen molar-refractivity contribution in [2.24, 2.45) is 0 Å². The number of hydrogen-bond acceptors (Lipinski definition) is 4. The van der Waals surface area contributed by atoms with E-state index in [4.69, 9.17) is 18.9 Å². The minimum atomic E-state index is -0.154. The van der Waals surface area contributed by atoms with E-state index in [9.17, 15) is 0 Å². The van der Waals surface area contributed by atoms with Crippen LogP contribution in [0.25, 0.3) is 0 Å². The number of rotatable bonds is 1. The Balaban J connectivity index is 1.82. The Morgan fingerprint density at radius 2 is 1.73 bits per heavy atom. The van der Waals surface area contributed by atoms with Crippen LogP contribution in [0.15, 0.2) is 0 Å². The van der Waals surface area contributed by atoms with E-state index in [1.807, 2.05) is 0 Å². The highest BCUT2D eigenvalue weighted by atomic mass is 16.8. The van der Waals surface area contributed by atoms with E-state index in [1.165, 1.54) is 0 Å². The molecule has 2 aliphatic rings. The summed E-state index contributed by atoms with van der Waals surface area (Å²) >= 11 is 0. The Labute approximate surface area is 65.4 Å². The zero-order valence-corrected chi connectivity index (χ0v) is 6.32. The monoisotopic (exact) mass is 160 g/mol. The van der Waals surface area contributed by atoms with E-state index in [0.29, 0.717) is 20.0 Å². The van der Waals surface area contributed by atoms with Gasteiger partial charge in [-0.15, -0.1) is 0 Å². The van der Waals surface area contributed by atoms with Gasteiger partial charge in [-0.1, -0.05) is 0 Å². The van der Waals surface area contributed by atoms with Gasteiger partial charge in [-0.25, -0.2) is 0 Å². The smallest absolute Gasteiger partial charge is 0.184 e. The molecule has 4 nitrogen and oxygen atoms in total. The summed E-state index contributed by atoms with van der Waals surface area (Å²) in [6.45, 7) is 2.48. The lowest BCUT2D eigenvalue weighted by Crippen LogP contribution is -2.35. The molecule has 2 heterocycles. The van der Waals surface area contributed by atoms with Crippen LogP contribution in [-0.2, 0) is 18.9 Å². The van der Waals surface area contributed by atoms with Crippen molar-refractivity contribution in [3.63, 3.8) is 0 Å².